The lowest BCUT2D eigenvalue weighted by atomic mass is 9.69. The predicted molar refractivity (Wildman–Crippen MR) is 77.4 cm³/mol. The lowest BCUT2D eigenvalue weighted by molar-refractivity contribution is -0.145. The molecule has 0 aromatic heterocycles. The van der Waals surface area contributed by atoms with Crippen LogP contribution in [-0.4, -0.2) is 31.1 Å². The summed E-state index contributed by atoms with van der Waals surface area (Å²) >= 11 is 0. The number of allylic oxidation sites excluding steroid dienone is 1. The molecule has 2 atom stereocenters. The van der Waals surface area contributed by atoms with E-state index in [2.05, 4.69) is 13.8 Å². The first-order valence-corrected chi connectivity index (χ1v) is 7.13. The number of rotatable bonds is 5. The van der Waals surface area contributed by atoms with Crippen LogP contribution in [0.4, 0.5) is 0 Å². The molecule has 0 saturated carbocycles. The van der Waals surface area contributed by atoms with Crippen LogP contribution in [0.3, 0.4) is 0 Å². The largest absolute Gasteiger partial charge is 0.458 e. The van der Waals surface area contributed by atoms with Crippen molar-refractivity contribution in [2.45, 2.75) is 66.1 Å². The fourth-order valence-electron chi connectivity index (χ4n) is 2.92. The zero-order valence-electron chi connectivity index (χ0n) is 13.4. The molecule has 114 valence electrons. The fraction of sp³-hybridized carbons (Fsp3) is 0.750. The van der Waals surface area contributed by atoms with E-state index in [4.69, 9.17) is 9.47 Å². The van der Waals surface area contributed by atoms with Crippen molar-refractivity contribution < 1.29 is 19.1 Å². The highest BCUT2D eigenvalue weighted by atomic mass is 16.5. The van der Waals surface area contributed by atoms with Gasteiger partial charge in [-0.2, -0.15) is 0 Å². The molecule has 0 saturated heterocycles. The number of carbonyl (C=O) groups is 2. The summed E-state index contributed by atoms with van der Waals surface area (Å²) in [5.74, 6) is -0.204. The highest BCUT2D eigenvalue weighted by molar-refractivity contribution is 5.98. The number of hydrogen-bond acceptors (Lipinski definition) is 4. The smallest absolute Gasteiger partial charge is 0.303 e. The maximum absolute atomic E-state index is 12.5. The van der Waals surface area contributed by atoms with Gasteiger partial charge in [0.15, 0.2) is 5.78 Å². The van der Waals surface area contributed by atoms with E-state index < -0.39 is 0 Å². The van der Waals surface area contributed by atoms with Crippen molar-refractivity contribution in [3.8, 4) is 0 Å². The predicted octanol–water partition coefficient (Wildman–Crippen LogP) is 3.05. The molecule has 4 heteroatoms. The molecule has 0 aromatic rings. The van der Waals surface area contributed by atoms with Gasteiger partial charge in [-0.15, -0.1) is 0 Å². The number of ether oxygens (including phenoxy) is 2. The first-order valence-electron chi connectivity index (χ1n) is 7.13. The SMILES string of the molecule is CO[C@@H](C)CC(=O)C1=C(C)[C@H](OC(C)=O)CCC1(C)C. The van der Waals surface area contributed by atoms with E-state index in [1.54, 1.807) is 7.11 Å². The highest BCUT2D eigenvalue weighted by Gasteiger charge is 2.38. The Balaban J connectivity index is 3.06. The van der Waals surface area contributed by atoms with Gasteiger partial charge in [0.25, 0.3) is 0 Å². The standard InChI is InChI=1S/C16H26O4/c1-10(19-6)9-13(18)15-11(2)14(20-12(3)17)7-8-16(15,4)5/h10,14H,7-9H2,1-6H3/t10-,14+/m0/s1. The topological polar surface area (TPSA) is 52.6 Å². The Hall–Kier alpha value is -1.16. The van der Waals surface area contributed by atoms with E-state index in [1.165, 1.54) is 6.92 Å². The second kappa shape index (κ2) is 6.53. The lowest BCUT2D eigenvalue weighted by Crippen LogP contribution is -2.35. The van der Waals surface area contributed by atoms with Crippen molar-refractivity contribution in [3.05, 3.63) is 11.1 Å². The third-order valence-corrected chi connectivity index (χ3v) is 4.05. The van der Waals surface area contributed by atoms with E-state index in [-0.39, 0.29) is 29.4 Å². The Bertz CT molecular complexity index is 420. The van der Waals surface area contributed by atoms with Crippen molar-refractivity contribution in [3.63, 3.8) is 0 Å². The van der Waals surface area contributed by atoms with Gasteiger partial charge < -0.3 is 9.47 Å². The Morgan fingerprint density at radius 1 is 1.40 bits per heavy atom. The molecule has 0 spiro atoms. The minimum Gasteiger partial charge on any atom is -0.458 e. The van der Waals surface area contributed by atoms with Crippen molar-refractivity contribution in [1.29, 1.82) is 0 Å². The average molecular weight is 282 g/mol. The van der Waals surface area contributed by atoms with Crippen LogP contribution in [0, 0.1) is 5.41 Å². The third kappa shape index (κ3) is 3.92. The van der Waals surface area contributed by atoms with Gasteiger partial charge in [0.2, 0.25) is 0 Å². The van der Waals surface area contributed by atoms with Crippen LogP contribution in [-0.2, 0) is 19.1 Å². The van der Waals surface area contributed by atoms with Gasteiger partial charge in [-0.05, 0) is 37.7 Å². The molecule has 0 bridgehead atoms. The normalized spacial score (nSPS) is 23.4. The summed E-state index contributed by atoms with van der Waals surface area (Å²) < 4.78 is 10.5. The monoisotopic (exact) mass is 282 g/mol. The molecule has 20 heavy (non-hydrogen) atoms. The van der Waals surface area contributed by atoms with E-state index >= 15 is 0 Å². The summed E-state index contributed by atoms with van der Waals surface area (Å²) in [5, 5.41) is 0. The molecule has 4 nitrogen and oxygen atoms in total. The average Bonchev–Trinajstić information content (AvgIpc) is 2.32. The van der Waals surface area contributed by atoms with Crippen molar-refractivity contribution in [2.24, 2.45) is 5.41 Å². The van der Waals surface area contributed by atoms with E-state index in [0.29, 0.717) is 6.42 Å². The molecule has 1 aliphatic carbocycles. The van der Waals surface area contributed by atoms with Crippen LogP contribution in [0.25, 0.3) is 0 Å². The van der Waals surface area contributed by atoms with E-state index in [9.17, 15) is 9.59 Å². The number of carbonyl (C=O) groups excluding carboxylic acids is 2. The Morgan fingerprint density at radius 2 is 2.00 bits per heavy atom. The molecular formula is C16H26O4. The van der Waals surface area contributed by atoms with Crippen LogP contribution in [0.15, 0.2) is 11.1 Å². The van der Waals surface area contributed by atoms with Crippen LogP contribution in [0.2, 0.25) is 0 Å². The number of ketones is 1. The quantitative estimate of drug-likeness (QED) is 0.727. The van der Waals surface area contributed by atoms with E-state index in [1.807, 2.05) is 13.8 Å². The Kier molecular flexibility index (Phi) is 5.51. The molecule has 0 unspecified atom stereocenters. The van der Waals surface area contributed by atoms with Crippen molar-refractivity contribution in [1.82, 2.24) is 0 Å². The summed E-state index contributed by atoms with van der Waals surface area (Å²) in [6.07, 6.45) is 1.60. The van der Waals surface area contributed by atoms with E-state index in [0.717, 1.165) is 24.0 Å². The summed E-state index contributed by atoms with van der Waals surface area (Å²) in [6.45, 7) is 9.34. The second-order valence-corrected chi connectivity index (χ2v) is 6.25. The maximum Gasteiger partial charge on any atom is 0.303 e. The summed E-state index contributed by atoms with van der Waals surface area (Å²) in [6, 6.07) is 0. The molecule has 0 amide bonds. The summed E-state index contributed by atoms with van der Waals surface area (Å²) in [5.41, 5.74) is 1.52. The third-order valence-electron chi connectivity index (χ3n) is 4.05. The first kappa shape index (κ1) is 16.9. The molecule has 0 N–H and O–H groups in total. The van der Waals surface area contributed by atoms with Gasteiger partial charge in [0.05, 0.1) is 6.10 Å². The molecule has 1 rings (SSSR count). The van der Waals surface area contributed by atoms with Crippen LogP contribution in [0.1, 0.15) is 53.9 Å². The van der Waals surface area contributed by atoms with Crippen LogP contribution in [0.5, 0.6) is 0 Å². The summed E-state index contributed by atoms with van der Waals surface area (Å²) in [4.78, 5) is 23.7. The van der Waals surface area contributed by atoms with Gasteiger partial charge >= 0.3 is 5.97 Å². The minimum atomic E-state index is -0.300. The molecule has 0 aromatic carbocycles. The van der Waals surface area contributed by atoms with Crippen molar-refractivity contribution >= 4 is 11.8 Å². The minimum absolute atomic E-state index is 0.0960. The zero-order valence-corrected chi connectivity index (χ0v) is 13.4. The highest BCUT2D eigenvalue weighted by Crippen LogP contribution is 2.42. The number of Topliss-reactive ketones (excluding diaryl/α,β-unsaturated/α-hetero) is 1. The number of hydrogen-bond donors (Lipinski definition) is 0. The summed E-state index contributed by atoms with van der Waals surface area (Å²) in [7, 11) is 1.60. The maximum atomic E-state index is 12.5. The van der Waals surface area contributed by atoms with Gasteiger partial charge in [0, 0.05) is 26.0 Å². The lowest BCUT2D eigenvalue weighted by Gasteiger charge is -2.37. The number of esters is 1. The molecule has 0 heterocycles. The van der Waals surface area contributed by atoms with Crippen molar-refractivity contribution in [2.75, 3.05) is 7.11 Å². The molecule has 0 fully saturated rings. The molecule has 1 aliphatic rings. The van der Waals surface area contributed by atoms with Crippen LogP contribution < -0.4 is 0 Å². The number of methoxy groups -OCH3 is 1. The zero-order chi connectivity index (χ0) is 15.5. The van der Waals surface area contributed by atoms with Gasteiger partial charge in [0.1, 0.15) is 6.10 Å². The molecular weight excluding hydrogens is 256 g/mol. The Morgan fingerprint density at radius 3 is 2.50 bits per heavy atom. The molecule has 0 radical (unpaired) electrons. The first-order chi connectivity index (χ1) is 9.19. The van der Waals surface area contributed by atoms with Crippen LogP contribution >= 0.6 is 0 Å². The Labute approximate surface area is 121 Å². The fourth-order valence-corrected chi connectivity index (χ4v) is 2.92. The van der Waals surface area contributed by atoms with Gasteiger partial charge in [-0.3, -0.25) is 9.59 Å². The molecule has 0 aliphatic heterocycles. The van der Waals surface area contributed by atoms with Gasteiger partial charge in [-0.25, -0.2) is 0 Å². The second-order valence-electron chi connectivity index (χ2n) is 6.25. The van der Waals surface area contributed by atoms with Gasteiger partial charge in [-0.1, -0.05) is 13.8 Å².